The van der Waals surface area contributed by atoms with Gasteiger partial charge < -0.3 is 20.9 Å². The molecule has 1 heterocycles. The van der Waals surface area contributed by atoms with E-state index in [0.717, 1.165) is 76.2 Å². The van der Waals surface area contributed by atoms with Crippen LogP contribution in [-0.4, -0.2) is 49.1 Å². The highest BCUT2D eigenvalue weighted by atomic mass is 19.1. The molecule has 1 aliphatic heterocycles. The zero-order valence-electron chi connectivity index (χ0n) is 22.5. The Morgan fingerprint density at radius 3 is 2.30 bits per heavy atom. The number of anilines is 3. The summed E-state index contributed by atoms with van der Waals surface area (Å²) in [5.74, 6) is -1.76. The summed E-state index contributed by atoms with van der Waals surface area (Å²) in [7, 11) is 0. The van der Waals surface area contributed by atoms with Crippen LogP contribution in [0.2, 0.25) is 0 Å². The van der Waals surface area contributed by atoms with E-state index < -0.39 is 17.7 Å². The maximum Gasteiger partial charge on any atom is 0.323 e. The van der Waals surface area contributed by atoms with Crippen LogP contribution in [0, 0.1) is 11.6 Å². The van der Waals surface area contributed by atoms with E-state index in [2.05, 4.69) is 50.0 Å². The molecule has 0 atom stereocenters. The normalized spacial score (nSPS) is 16.4. The van der Waals surface area contributed by atoms with Gasteiger partial charge in [-0.3, -0.25) is 9.69 Å². The van der Waals surface area contributed by atoms with E-state index in [-0.39, 0.29) is 17.6 Å². The second kappa shape index (κ2) is 12.9. The van der Waals surface area contributed by atoms with Gasteiger partial charge in [-0.2, -0.15) is 0 Å². The first-order valence-electron chi connectivity index (χ1n) is 13.9. The number of nitrogens with one attached hydrogen (secondary N) is 3. The Bertz CT molecular complexity index is 1320. The van der Waals surface area contributed by atoms with Crippen LogP contribution >= 0.6 is 0 Å². The highest BCUT2D eigenvalue weighted by molar-refractivity contribution is 6.04. The molecular weight excluding hydrogens is 512 g/mol. The van der Waals surface area contributed by atoms with Crippen LogP contribution in [-0.2, 0) is 6.54 Å². The maximum atomic E-state index is 14.0. The van der Waals surface area contributed by atoms with Crippen LogP contribution in [0.25, 0.3) is 0 Å². The molecule has 40 heavy (non-hydrogen) atoms. The Hall–Kier alpha value is -3.98. The van der Waals surface area contributed by atoms with Gasteiger partial charge in [-0.25, -0.2) is 13.6 Å². The standard InChI is InChI=1S/C31H35F2N5O2/c32-23-11-13-28(27(33)19-23)36-31(40)35-25-12-14-29(26(20-25)30(39)34-24-9-5-2-6-10-24)38-17-15-37(16-18-38)21-22-7-3-1-4-8-22/h1,3-4,7-8,11-14,19-20,24H,2,5-6,9-10,15-18,21H2,(H,34,39)(H2,35,36,40). The number of urea groups is 1. The fourth-order valence-electron chi connectivity index (χ4n) is 5.45. The molecule has 3 aromatic carbocycles. The van der Waals surface area contributed by atoms with Crippen molar-refractivity contribution in [3.05, 3.63) is 89.5 Å². The Labute approximate surface area is 233 Å². The zero-order valence-corrected chi connectivity index (χ0v) is 22.5. The van der Waals surface area contributed by atoms with E-state index in [0.29, 0.717) is 17.3 Å². The summed E-state index contributed by atoms with van der Waals surface area (Å²) in [6.45, 7) is 4.16. The van der Waals surface area contributed by atoms with E-state index in [9.17, 15) is 18.4 Å². The Kier molecular flexibility index (Phi) is 8.91. The molecule has 9 heteroatoms. The van der Waals surface area contributed by atoms with Crippen molar-refractivity contribution in [2.24, 2.45) is 0 Å². The fraction of sp³-hybridized carbons (Fsp3) is 0.355. The highest BCUT2D eigenvalue weighted by Gasteiger charge is 2.24. The number of benzene rings is 3. The lowest BCUT2D eigenvalue weighted by atomic mass is 9.95. The van der Waals surface area contributed by atoms with Crippen molar-refractivity contribution in [2.45, 2.75) is 44.7 Å². The van der Waals surface area contributed by atoms with Crippen LogP contribution in [0.15, 0.2) is 66.7 Å². The van der Waals surface area contributed by atoms with Crippen LogP contribution in [0.4, 0.5) is 30.6 Å². The van der Waals surface area contributed by atoms with E-state index >= 15 is 0 Å². The van der Waals surface area contributed by atoms with Crippen molar-refractivity contribution in [1.82, 2.24) is 10.2 Å². The molecule has 5 rings (SSSR count). The lowest BCUT2D eigenvalue weighted by molar-refractivity contribution is 0.0928. The summed E-state index contributed by atoms with van der Waals surface area (Å²) in [6, 6.07) is 18.0. The molecule has 0 aromatic heterocycles. The molecule has 3 aromatic rings. The predicted octanol–water partition coefficient (Wildman–Crippen LogP) is 5.99. The van der Waals surface area contributed by atoms with Gasteiger partial charge >= 0.3 is 6.03 Å². The number of halogens is 2. The summed E-state index contributed by atoms with van der Waals surface area (Å²) >= 11 is 0. The van der Waals surface area contributed by atoms with Crippen LogP contribution in [0.5, 0.6) is 0 Å². The smallest absolute Gasteiger partial charge is 0.323 e. The molecule has 210 valence electrons. The van der Waals surface area contributed by atoms with Crippen LogP contribution < -0.4 is 20.9 Å². The fourth-order valence-corrected chi connectivity index (χ4v) is 5.45. The minimum atomic E-state index is -0.871. The Morgan fingerprint density at radius 2 is 1.57 bits per heavy atom. The van der Waals surface area contributed by atoms with Gasteiger partial charge in [0.1, 0.15) is 11.6 Å². The molecule has 1 saturated heterocycles. The summed E-state index contributed by atoms with van der Waals surface area (Å²) in [5, 5.41) is 8.27. The highest BCUT2D eigenvalue weighted by Crippen LogP contribution is 2.28. The van der Waals surface area contributed by atoms with Crippen molar-refractivity contribution >= 4 is 29.0 Å². The first-order chi connectivity index (χ1) is 19.4. The summed E-state index contributed by atoms with van der Waals surface area (Å²) in [5.41, 5.74) is 2.85. The van der Waals surface area contributed by atoms with Crippen LogP contribution in [0.1, 0.15) is 48.0 Å². The van der Waals surface area contributed by atoms with E-state index in [1.54, 1.807) is 12.1 Å². The first kappa shape index (κ1) is 27.6. The molecule has 2 fully saturated rings. The van der Waals surface area contributed by atoms with Crippen molar-refractivity contribution in [2.75, 3.05) is 41.7 Å². The third-order valence-corrected chi connectivity index (χ3v) is 7.58. The number of nitrogens with zero attached hydrogens (tertiary/aromatic N) is 2. The van der Waals surface area contributed by atoms with E-state index in [1.165, 1.54) is 12.0 Å². The minimum absolute atomic E-state index is 0.137. The third-order valence-electron chi connectivity index (χ3n) is 7.58. The second-order valence-electron chi connectivity index (χ2n) is 10.5. The van der Waals surface area contributed by atoms with Gasteiger partial charge in [0, 0.05) is 56.2 Å². The average Bonchev–Trinajstić information content (AvgIpc) is 2.96. The Balaban J connectivity index is 1.30. The molecule has 0 unspecified atom stereocenters. The summed E-state index contributed by atoms with van der Waals surface area (Å²) in [6.07, 6.45) is 5.31. The maximum absolute atomic E-state index is 14.0. The topological polar surface area (TPSA) is 76.7 Å². The van der Waals surface area contributed by atoms with Gasteiger partial charge in [-0.15, -0.1) is 0 Å². The molecule has 0 spiro atoms. The number of hydrogen-bond donors (Lipinski definition) is 3. The molecule has 3 N–H and O–H groups in total. The average molecular weight is 548 g/mol. The summed E-state index contributed by atoms with van der Waals surface area (Å²) in [4.78, 5) is 30.7. The largest absolute Gasteiger partial charge is 0.368 e. The van der Waals surface area contributed by atoms with Gasteiger partial charge in [-0.1, -0.05) is 49.6 Å². The molecule has 1 aliphatic carbocycles. The number of carbonyl (C=O) groups is 2. The molecule has 7 nitrogen and oxygen atoms in total. The van der Waals surface area contributed by atoms with Crippen molar-refractivity contribution < 1.29 is 18.4 Å². The molecule has 0 radical (unpaired) electrons. The molecule has 1 saturated carbocycles. The molecule has 0 bridgehead atoms. The minimum Gasteiger partial charge on any atom is -0.368 e. The number of carbonyl (C=O) groups excluding carboxylic acids is 2. The van der Waals surface area contributed by atoms with Crippen molar-refractivity contribution in [1.29, 1.82) is 0 Å². The quantitative estimate of drug-likeness (QED) is 0.340. The second-order valence-corrected chi connectivity index (χ2v) is 10.5. The van der Waals surface area contributed by atoms with Crippen LogP contribution in [0.3, 0.4) is 0 Å². The number of hydrogen-bond acceptors (Lipinski definition) is 4. The molecule has 3 amide bonds. The third kappa shape index (κ3) is 7.15. The summed E-state index contributed by atoms with van der Waals surface area (Å²) < 4.78 is 27.2. The number of rotatable bonds is 7. The monoisotopic (exact) mass is 547 g/mol. The zero-order chi connectivity index (χ0) is 27.9. The SMILES string of the molecule is O=C(Nc1ccc(N2CCN(Cc3ccccc3)CC2)c(C(=O)NC2CCCCC2)c1)Nc1ccc(F)cc1F. The van der Waals surface area contributed by atoms with Gasteiger partial charge in [0.05, 0.1) is 11.3 Å². The predicted molar refractivity (Wildman–Crippen MR) is 154 cm³/mol. The number of piperazine rings is 1. The molecule has 2 aliphatic rings. The number of amides is 3. The van der Waals surface area contributed by atoms with E-state index in [1.807, 2.05) is 12.1 Å². The first-order valence-corrected chi connectivity index (χ1v) is 13.9. The molecular formula is C31H35F2N5O2. The lowest BCUT2D eigenvalue weighted by Gasteiger charge is -2.37. The van der Waals surface area contributed by atoms with Crippen molar-refractivity contribution in [3.8, 4) is 0 Å². The van der Waals surface area contributed by atoms with Gasteiger partial charge in [-0.05, 0) is 48.7 Å². The van der Waals surface area contributed by atoms with Crippen molar-refractivity contribution in [3.63, 3.8) is 0 Å². The lowest BCUT2D eigenvalue weighted by Crippen LogP contribution is -2.46. The Morgan fingerprint density at radius 1 is 0.825 bits per heavy atom. The van der Waals surface area contributed by atoms with Gasteiger partial charge in [0.15, 0.2) is 0 Å². The van der Waals surface area contributed by atoms with Gasteiger partial charge in [0.25, 0.3) is 5.91 Å². The van der Waals surface area contributed by atoms with Gasteiger partial charge in [0.2, 0.25) is 0 Å². The van der Waals surface area contributed by atoms with E-state index in [4.69, 9.17) is 0 Å².